The molecule has 3 rings (SSSR count). The van der Waals surface area contributed by atoms with Gasteiger partial charge >= 0.3 is 0 Å². The van der Waals surface area contributed by atoms with Gasteiger partial charge in [-0.2, -0.15) is 4.98 Å². The van der Waals surface area contributed by atoms with E-state index >= 15 is 0 Å². The number of nitrogens with zero attached hydrogens (tertiary/aromatic N) is 2. The van der Waals surface area contributed by atoms with Gasteiger partial charge in [-0.05, 0) is 36.8 Å². The largest absolute Gasteiger partial charge is 0.355 e. The molecule has 29 heavy (non-hydrogen) atoms. The fourth-order valence-corrected chi connectivity index (χ4v) is 3.12. The summed E-state index contributed by atoms with van der Waals surface area (Å²) >= 11 is 1.30. The Morgan fingerprint density at radius 1 is 1.21 bits per heavy atom. The summed E-state index contributed by atoms with van der Waals surface area (Å²) in [7, 11) is 1.54. The standard InChI is InChI=1S/C20H19FN4O3S/c1-12-6-7-13(9-16(12)21)19-24-18(28-25-19)11-29-10-17(26)23-15-5-3-4-14(8-15)20(27)22-2/h3-9H,10-11H2,1-2H3,(H,22,27)(H,23,26). The van der Waals surface area contributed by atoms with Crippen LogP contribution in [0.4, 0.5) is 10.1 Å². The Morgan fingerprint density at radius 3 is 2.79 bits per heavy atom. The highest BCUT2D eigenvalue weighted by molar-refractivity contribution is 7.99. The van der Waals surface area contributed by atoms with E-state index < -0.39 is 0 Å². The lowest BCUT2D eigenvalue weighted by atomic mass is 10.1. The molecule has 9 heteroatoms. The third kappa shape index (κ3) is 5.41. The van der Waals surface area contributed by atoms with Crippen molar-refractivity contribution in [3.8, 4) is 11.4 Å². The smallest absolute Gasteiger partial charge is 0.251 e. The van der Waals surface area contributed by atoms with Crippen molar-refractivity contribution < 1.29 is 18.5 Å². The molecular formula is C20H19FN4O3S. The monoisotopic (exact) mass is 414 g/mol. The molecule has 0 aliphatic heterocycles. The number of halogens is 1. The van der Waals surface area contributed by atoms with E-state index in [0.29, 0.717) is 39.8 Å². The average molecular weight is 414 g/mol. The predicted molar refractivity (Wildman–Crippen MR) is 109 cm³/mol. The molecule has 3 aromatic rings. The van der Waals surface area contributed by atoms with Crippen LogP contribution >= 0.6 is 11.8 Å². The Bertz CT molecular complexity index is 1040. The summed E-state index contributed by atoms with van der Waals surface area (Å²) < 4.78 is 18.8. The Hall–Kier alpha value is -3.20. The molecule has 0 spiro atoms. The second-order valence-corrected chi connectivity index (χ2v) is 7.16. The summed E-state index contributed by atoms with van der Waals surface area (Å²) in [6.07, 6.45) is 0. The Labute approximate surface area is 171 Å². The highest BCUT2D eigenvalue weighted by Crippen LogP contribution is 2.20. The number of aryl methyl sites for hydroxylation is 1. The zero-order valence-electron chi connectivity index (χ0n) is 15.9. The van der Waals surface area contributed by atoms with Crippen LogP contribution in [0.15, 0.2) is 47.0 Å². The van der Waals surface area contributed by atoms with Crippen LogP contribution in [0.3, 0.4) is 0 Å². The molecule has 1 aromatic heterocycles. The average Bonchev–Trinajstić information content (AvgIpc) is 3.18. The highest BCUT2D eigenvalue weighted by Gasteiger charge is 2.12. The van der Waals surface area contributed by atoms with E-state index in [9.17, 15) is 14.0 Å². The van der Waals surface area contributed by atoms with E-state index in [1.54, 1.807) is 50.4 Å². The maximum atomic E-state index is 13.7. The number of amides is 2. The lowest BCUT2D eigenvalue weighted by Crippen LogP contribution is -2.19. The molecule has 1 heterocycles. The first kappa shape index (κ1) is 20.5. The maximum absolute atomic E-state index is 13.7. The third-order valence-corrected chi connectivity index (χ3v) is 4.91. The van der Waals surface area contributed by atoms with Crippen molar-refractivity contribution in [1.82, 2.24) is 15.5 Å². The predicted octanol–water partition coefficient (Wildman–Crippen LogP) is 3.42. The highest BCUT2D eigenvalue weighted by atomic mass is 32.2. The van der Waals surface area contributed by atoms with E-state index in [4.69, 9.17) is 4.52 Å². The first-order valence-corrected chi connectivity index (χ1v) is 9.90. The van der Waals surface area contributed by atoms with Crippen molar-refractivity contribution in [2.24, 2.45) is 0 Å². The second-order valence-electron chi connectivity index (χ2n) is 6.18. The summed E-state index contributed by atoms with van der Waals surface area (Å²) in [5.74, 6) is 0.380. The minimum Gasteiger partial charge on any atom is -0.355 e. The summed E-state index contributed by atoms with van der Waals surface area (Å²) in [6, 6.07) is 11.4. The number of carbonyl (C=O) groups is 2. The topological polar surface area (TPSA) is 97.1 Å². The van der Waals surface area contributed by atoms with E-state index in [-0.39, 0.29) is 23.4 Å². The summed E-state index contributed by atoms with van der Waals surface area (Å²) in [5, 5.41) is 9.13. The van der Waals surface area contributed by atoms with Gasteiger partial charge < -0.3 is 15.2 Å². The summed E-state index contributed by atoms with van der Waals surface area (Å²) in [5.41, 5.74) is 2.07. The van der Waals surface area contributed by atoms with Gasteiger partial charge in [-0.3, -0.25) is 9.59 Å². The van der Waals surface area contributed by atoms with Gasteiger partial charge in [0.25, 0.3) is 5.91 Å². The zero-order valence-corrected chi connectivity index (χ0v) is 16.7. The molecular weight excluding hydrogens is 395 g/mol. The zero-order chi connectivity index (χ0) is 20.8. The number of anilines is 1. The quantitative estimate of drug-likeness (QED) is 0.615. The van der Waals surface area contributed by atoms with Crippen LogP contribution < -0.4 is 10.6 Å². The second kappa shape index (κ2) is 9.33. The number of hydrogen-bond donors (Lipinski definition) is 2. The molecule has 0 saturated carbocycles. The number of rotatable bonds is 7. The molecule has 0 aliphatic rings. The van der Waals surface area contributed by atoms with Gasteiger partial charge in [-0.1, -0.05) is 23.4 Å². The molecule has 0 unspecified atom stereocenters. The maximum Gasteiger partial charge on any atom is 0.251 e. The lowest BCUT2D eigenvalue weighted by Gasteiger charge is -2.06. The van der Waals surface area contributed by atoms with E-state index in [0.717, 1.165) is 0 Å². The molecule has 7 nitrogen and oxygen atoms in total. The number of thioether (sulfide) groups is 1. The fraction of sp³-hybridized carbons (Fsp3) is 0.200. The van der Waals surface area contributed by atoms with Crippen molar-refractivity contribution in [2.45, 2.75) is 12.7 Å². The fourth-order valence-electron chi connectivity index (χ4n) is 2.47. The van der Waals surface area contributed by atoms with E-state index in [1.165, 1.54) is 17.8 Å². The van der Waals surface area contributed by atoms with Gasteiger partial charge in [0.15, 0.2) is 0 Å². The van der Waals surface area contributed by atoms with Gasteiger partial charge in [-0.25, -0.2) is 4.39 Å². The molecule has 0 bridgehead atoms. The van der Waals surface area contributed by atoms with Crippen LogP contribution in [-0.4, -0.2) is 34.8 Å². The van der Waals surface area contributed by atoms with E-state index in [2.05, 4.69) is 20.8 Å². The minimum atomic E-state index is -0.333. The molecule has 150 valence electrons. The van der Waals surface area contributed by atoms with Gasteiger partial charge in [0.1, 0.15) is 5.82 Å². The van der Waals surface area contributed by atoms with Crippen LogP contribution in [0.2, 0.25) is 0 Å². The van der Waals surface area contributed by atoms with Gasteiger partial charge in [0.05, 0.1) is 11.5 Å². The first-order valence-electron chi connectivity index (χ1n) is 8.75. The number of aromatic nitrogens is 2. The van der Waals surface area contributed by atoms with Gasteiger partial charge in [0.2, 0.25) is 17.6 Å². The Morgan fingerprint density at radius 2 is 2.03 bits per heavy atom. The summed E-state index contributed by atoms with van der Waals surface area (Å²) in [6.45, 7) is 1.68. The van der Waals surface area contributed by atoms with Crippen LogP contribution in [0.25, 0.3) is 11.4 Å². The van der Waals surface area contributed by atoms with Crippen molar-refractivity contribution >= 4 is 29.3 Å². The van der Waals surface area contributed by atoms with Crippen molar-refractivity contribution in [3.05, 3.63) is 65.3 Å². The van der Waals surface area contributed by atoms with Crippen molar-refractivity contribution in [1.29, 1.82) is 0 Å². The summed E-state index contributed by atoms with van der Waals surface area (Å²) in [4.78, 5) is 28.0. The molecule has 0 saturated heterocycles. The SMILES string of the molecule is CNC(=O)c1cccc(NC(=O)CSCc2nc(-c3ccc(C)c(F)c3)no2)c1. The first-order chi connectivity index (χ1) is 14.0. The van der Waals surface area contributed by atoms with Gasteiger partial charge in [0, 0.05) is 23.9 Å². The number of benzene rings is 2. The van der Waals surface area contributed by atoms with Crippen molar-refractivity contribution in [2.75, 3.05) is 18.1 Å². The van der Waals surface area contributed by atoms with Crippen molar-refractivity contribution in [3.63, 3.8) is 0 Å². The molecule has 0 radical (unpaired) electrons. The Balaban J connectivity index is 1.51. The lowest BCUT2D eigenvalue weighted by molar-refractivity contribution is -0.113. The molecule has 0 fully saturated rings. The number of carbonyl (C=O) groups excluding carboxylic acids is 2. The molecule has 0 atom stereocenters. The number of hydrogen-bond acceptors (Lipinski definition) is 6. The van der Waals surface area contributed by atoms with E-state index in [1.807, 2.05) is 0 Å². The number of nitrogens with one attached hydrogen (secondary N) is 2. The molecule has 0 aliphatic carbocycles. The van der Waals surface area contributed by atoms with Crippen LogP contribution in [0.5, 0.6) is 0 Å². The van der Waals surface area contributed by atoms with Crippen LogP contribution in [0, 0.1) is 12.7 Å². The molecule has 2 N–H and O–H groups in total. The van der Waals surface area contributed by atoms with Gasteiger partial charge in [-0.15, -0.1) is 11.8 Å². The third-order valence-electron chi connectivity index (χ3n) is 3.99. The Kier molecular flexibility index (Phi) is 6.61. The van der Waals surface area contributed by atoms with Crippen LogP contribution in [-0.2, 0) is 10.5 Å². The molecule has 2 amide bonds. The minimum absolute atomic E-state index is 0.168. The normalized spacial score (nSPS) is 10.6. The molecule has 2 aromatic carbocycles. The van der Waals surface area contributed by atoms with Crippen LogP contribution in [0.1, 0.15) is 21.8 Å².